The highest BCUT2D eigenvalue weighted by Gasteiger charge is 2.20. The van der Waals surface area contributed by atoms with Crippen LogP contribution in [-0.2, 0) is 11.3 Å². The summed E-state index contributed by atoms with van der Waals surface area (Å²) in [5.74, 6) is 0.279. The zero-order valence-electron chi connectivity index (χ0n) is 10.2. The number of carbonyl (C=O) groups excluding carboxylic acids is 1. The van der Waals surface area contributed by atoms with Crippen LogP contribution >= 0.6 is 0 Å². The maximum Gasteiger partial charge on any atom is 0.224 e. The molecule has 1 aromatic heterocycles. The van der Waals surface area contributed by atoms with Gasteiger partial charge in [0.05, 0.1) is 5.92 Å². The Morgan fingerprint density at radius 1 is 1.65 bits per heavy atom. The molecule has 0 aliphatic carbocycles. The van der Waals surface area contributed by atoms with Crippen LogP contribution in [0.25, 0.3) is 0 Å². The van der Waals surface area contributed by atoms with Crippen molar-refractivity contribution in [3.05, 3.63) is 29.6 Å². The number of pyridine rings is 1. The summed E-state index contributed by atoms with van der Waals surface area (Å²) < 4.78 is 0. The topological polar surface area (TPSA) is 54.0 Å². The standard InChI is InChI=1S/C13H19N3O/c1-10-4-6-15-8-12(10)9-16-13(17)11-3-2-5-14-7-11/h4,6,8,11,14H,2-3,5,7,9H2,1H3,(H,16,17)/t11-/m1/s1. The summed E-state index contributed by atoms with van der Waals surface area (Å²) in [5, 5.41) is 6.24. The van der Waals surface area contributed by atoms with Crippen LogP contribution < -0.4 is 10.6 Å². The maximum absolute atomic E-state index is 11.9. The van der Waals surface area contributed by atoms with Gasteiger partial charge in [-0.3, -0.25) is 9.78 Å². The van der Waals surface area contributed by atoms with E-state index in [-0.39, 0.29) is 11.8 Å². The summed E-state index contributed by atoms with van der Waals surface area (Å²) in [7, 11) is 0. The second-order valence-corrected chi connectivity index (χ2v) is 4.56. The first-order valence-electron chi connectivity index (χ1n) is 6.15. The van der Waals surface area contributed by atoms with Crippen molar-refractivity contribution in [1.82, 2.24) is 15.6 Å². The van der Waals surface area contributed by atoms with E-state index >= 15 is 0 Å². The number of rotatable bonds is 3. The van der Waals surface area contributed by atoms with Crippen molar-refractivity contribution in [2.24, 2.45) is 5.92 Å². The molecule has 0 spiro atoms. The van der Waals surface area contributed by atoms with Crippen LogP contribution in [0.2, 0.25) is 0 Å². The van der Waals surface area contributed by atoms with Gasteiger partial charge >= 0.3 is 0 Å². The molecule has 0 saturated carbocycles. The summed E-state index contributed by atoms with van der Waals surface area (Å²) in [4.78, 5) is 16.0. The first-order valence-corrected chi connectivity index (χ1v) is 6.15. The van der Waals surface area contributed by atoms with E-state index < -0.39 is 0 Å². The Labute approximate surface area is 102 Å². The number of aryl methyl sites for hydroxylation is 1. The SMILES string of the molecule is Cc1ccncc1CNC(=O)[C@@H]1CCCNC1. The fourth-order valence-corrected chi connectivity index (χ4v) is 2.08. The lowest BCUT2D eigenvalue weighted by Gasteiger charge is -2.22. The molecule has 0 unspecified atom stereocenters. The van der Waals surface area contributed by atoms with Crippen LogP contribution in [0.15, 0.2) is 18.5 Å². The molecule has 1 amide bonds. The molecule has 1 aliphatic rings. The van der Waals surface area contributed by atoms with Gasteiger partial charge in [-0.15, -0.1) is 0 Å². The third-order valence-electron chi connectivity index (χ3n) is 3.27. The average molecular weight is 233 g/mol. The van der Waals surface area contributed by atoms with Gasteiger partial charge in [0.15, 0.2) is 0 Å². The lowest BCUT2D eigenvalue weighted by Crippen LogP contribution is -2.40. The molecule has 1 fully saturated rings. The minimum atomic E-state index is 0.126. The molecule has 92 valence electrons. The number of hydrogen-bond acceptors (Lipinski definition) is 3. The molecule has 2 rings (SSSR count). The maximum atomic E-state index is 11.9. The van der Waals surface area contributed by atoms with Gasteiger partial charge in [-0.25, -0.2) is 0 Å². The van der Waals surface area contributed by atoms with Gasteiger partial charge in [0.1, 0.15) is 0 Å². The second kappa shape index (κ2) is 5.77. The molecule has 2 heterocycles. The number of nitrogens with one attached hydrogen (secondary N) is 2. The van der Waals surface area contributed by atoms with Crippen molar-refractivity contribution in [3.63, 3.8) is 0 Å². The van der Waals surface area contributed by atoms with Crippen LogP contribution in [0.3, 0.4) is 0 Å². The molecule has 0 bridgehead atoms. The Morgan fingerprint density at radius 3 is 3.24 bits per heavy atom. The molecular formula is C13H19N3O. The quantitative estimate of drug-likeness (QED) is 0.819. The first-order chi connectivity index (χ1) is 8.27. The Bertz CT molecular complexity index is 386. The lowest BCUT2D eigenvalue weighted by atomic mass is 9.99. The number of piperidine rings is 1. The molecule has 17 heavy (non-hydrogen) atoms. The van der Waals surface area contributed by atoms with Crippen molar-refractivity contribution >= 4 is 5.91 Å². The van der Waals surface area contributed by atoms with Crippen LogP contribution in [0.1, 0.15) is 24.0 Å². The smallest absolute Gasteiger partial charge is 0.224 e. The van der Waals surface area contributed by atoms with E-state index in [1.54, 1.807) is 6.20 Å². The Balaban J connectivity index is 1.85. The number of carbonyl (C=O) groups is 1. The number of aromatic nitrogens is 1. The Kier molecular flexibility index (Phi) is 4.09. The van der Waals surface area contributed by atoms with Gasteiger partial charge in [-0.2, -0.15) is 0 Å². The Morgan fingerprint density at radius 2 is 2.53 bits per heavy atom. The molecule has 1 atom stereocenters. The highest BCUT2D eigenvalue weighted by Crippen LogP contribution is 2.10. The summed E-state index contributed by atoms with van der Waals surface area (Å²) in [6.45, 7) is 4.45. The van der Waals surface area contributed by atoms with Gasteiger partial charge in [0, 0.05) is 25.5 Å². The van der Waals surface area contributed by atoms with Crippen molar-refractivity contribution < 1.29 is 4.79 Å². The predicted octanol–water partition coefficient (Wildman–Crippen LogP) is 1.01. The molecular weight excluding hydrogens is 214 g/mol. The number of hydrogen-bond donors (Lipinski definition) is 2. The predicted molar refractivity (Wildman–Crippen MR) is 66.4 cm³/mol. The van der Waals surface area contributed by atoms with Crippen molar-refractivity contribution in [2.45, 2.75) is 26.3 Å². The normalized spacial score (nSPS) is 19.9. The highest BCUT2D eigenvalue weighted by molar-refractivity contribution is 5.78. The van der Waals surface area contributed by atoms with Crippen LogP contribution in [0, 0.1) is 12.8 Å². The summed E-state index contributed by atoms with van der Waals surface area (Å²) in [6.07, 6.45) is 5.66. The highest BCUT2D eigenvalue weighted by atomic mass is 16.1. The average Bonchev–Trinajstić information content (AvgIpc) is 2.38. The molecule has 1 saturated heterocycles. The van der Waals surface area contributed by atoms with Gasteiger partial charge in [0.25, 0.3) is 0 Å². The largest absolute Gasteiger partial charge is 0.352 e. The summed E-state index contributed by atoms with van der Waals surface area (Å²) in [5.41, 5.74) is 2.26. The van der Waals surface area contributed by atoms with Crippen molar-refractivity contribution in [3.8, 4) is 0 Å². The molecule has 4 nitrogen and oxygen atoms in total. The minimum absolute atomic E-state index is 0.126. The molecule has 4 heteroatoms. The van der Waals surface area contributed by atoms with Gasteiger partial charge in [-0.05, 0) is 43.5 Å². The molecule has 0 aromatic carbocycles. The zero-order valence-corrected chi connectivity index (χ0v) is 10.2. The molecule has 1 aliphatic heterocycles. The van der Waals surface area contributed by atoms with E-state index in [0.29, 0.717) is 6.54 Å². The van der Waals surface area contributed by atoms with Crippen molar-refractivity contribution in [1.29, 1.82) is 0 Å². The van der Waals surface area contributed by atoms with Crippen LogP contribution in [0.4, 0.5) is 0 Å². The number of amides is 1. The minimum Gasteiger partial charge on any atom is -0.352 e. The summed E-state index contributed by atoms with van der Waals surface area (Å²) in [6, 6.07) is 1.96. The van der Waals surface area contributed by atoms with Crippen LogP contribution in [0.5, 0.6) is 0 Å². The number of nitrogens with zero attached hydrogens (tertiary/aromatic N) is 1. The molecule has 0 radical (unpaired) electrons. The third-order valence-corrected chi connectivity index (χ3v) is 3.27. The van der Waals surface area contributed by atoms with Gasteiger partial charge in [0.2, 0.25) is 5.91 Å². The third kappa shape index (κ3) is 3.27. The fourth-order valence-electron chi connectivity index (χ4n) is 2.08. The van der Waals surface area contributed by atoms with Gasteiger partial charge in [-0.1, -0.05) is 0 Å². The monoisotopic (exact) mass is 233 g/mol. The fraction of sp³-hybridized carbons (Fsp3) is 0.538. The van der Waals surface area contributed by atoms with E-state index in [9.17, 15) is 4.79 Å². The first kappa shape index (κ1) is 12.0. The molecule has 1 aromatic rings. The lowest BCUT2D eigenvalue weighted by molar-refractivity contribution is -0.125. The van der Waals surface area contributed by atoms with Crippen LogP contribution in [-0.4, -0.2) is 24.0 Å². The van der Waals surface area contributed by atoms with E-state index in [1.807, 2.05) is 19.2 Å². The summed E-state index contributed by atoms with van der Waals surface area (Å²) >= 11 is 0. The molecule has 2 N–H and O–H groups in total. The van der Waals surface area contributed by atoms with Crippen molar-refractivity contribution in [2.75, 3.05) is 13.1 Å². The van der Waals surface area contributed by atoms with Gasteiger partial charge < -0.3 is 10.6 Å². The van der Waals surface area contributed by atoms with E-state index in [4.69, 9.17) is 0 Å². The zero-order chi connectivity index (χ0) is 12.1. The van der Waals surface area contributed by atoms with E-state index in [2.05, 4.69) is 15.6 Å². The van der Waals surface area contributed by atoms with E-state index in [1.165, 1.54) is 5.56 Å². The second-order valence-electron chi connectivity index (χ2n) is 4.56. The Hall–Kier alpha value is -1.42. The van der Waals surface area contributed by atoms with E-state index in [0.717, 1.165) is 31.5 Å².